The first-order valence-electron chi connectivity index (χ1n) is 8.19. The maximum absolute atomic E-state index is 12.1. The molecule has 0 aromatic carbocycles. The number of rotatable bonds is 5. The number of carbonyl (C=O) groups excluding carboxylic acids is 1. The molecular weight excluding hydrogens is 362 g/mol. The highest BCUT2D eigenvalue weighted by Gasteiger charge is 2.31. The van der Waals surface area contributed by atoms with Crippen molar-refractivity contribution in [2.45, 2.75) is 58.9 Å². The molecule has 0 spiro atoms. The molecule has 0 aliphatic carbocycles. The molecule has 1 saturated heterocycles. The van der Waals surface area contributed by atoms with Crippen LogP contribution in [-0.2, 0) is 9.16 Å². The fourth-order valence-corrected chi connectivity index (χ4v) is 3.97. The Morgan fingerprint density at radius 2 is 1.82 bits per heavy atom. The van der Waals surface area contributed by atoms with Gasteiger partial charge in [-0.15, -0.1) is 0 Å². The topological polar surface area (TPSA) is 38.8 Å². The van der Waals surface area contributed by atoms with Gasteiger partial charge in [-0.1, -0.05) is 15.9 Å². The van der Waals surface area contributed by atoms with Gasteiger partial charge in [0.25, 0.3) is 0 Å². The number of halogens is 1. The van der Waals surface area contributed by atoms with Crippen molar-refractivity contribution in [3.8, 4) is 0 Å². The summed E-state index contributed by atoms with van der Waals surface area (Å²) in [5.41, 5.74) is -0.419. The summed E-state index contributed by atoms with van der Waals surface area (Å²) < 4.78 is 11.5. The number of piperidine rings is 1. The molecule has 0 saturated carbocycles. The van der Waals surface area contributed by atoms with Crippen LogP contribution in [0.15, 0.2) is 0 Å². The molecular formula is C16H32BrNO3Si. The Morgan fingerprint density at radius 3 is 2.23 bits per heavy atom. The lowest BCUT2D eigenvalue weighted by Gasteiger charge is -2.37. The van der Waals surface area contributed by atoms with Crippen molar-refractivity contribution in [3.63, 3.8) is 0 Å². The molecule has 0 aromatic rings. The van der Waals surface area contributed by atoms with E-state index >= 15 is 0 Å². The van der Waals surface area contributed by atoms with E-state index in [1.165, 1.54) is 0 Å². The zero-order chi connectivity index (χ0) is 17.0. The van der Waals surface area contributed by atoms with Gasteiger partial charge in [-0.05, 0) is 65.1 Å². The lowest BCUT2D eigenvalue weighted by Crippen LogP contribution is -2.43. The van der Waals surface area contributed by atoms with E-state index in [1.54, 1.807) is 0 Å². The second kappa shape index (κ2) is 8.15. The lowest BCUT2D eigenvalue weighted by atomic mass is 9.86. The first kappa shape index (κ1) is 20.0. The monoisotopic (exact) mass is 393 g/mol. The number of hydrogen-bond donors (Lipinski definition) is 0. The van der Waals surface area contributed by atoms with Gasteiger partial charge in [0, 0.05) is 25.0 Å². The molecule has 1 fully saturated rings. The molecule has 1 aliphatic heterocycles. The minimum atomic E-state index is -1.46. The summed E-state index contributed by atoms with van der Waals surface area (Å²) >= 11 is 3.63. The highest BCUT2D eigenvalue weighted by molar-refractivity contribution is 9.09. The molecule has 1 rings (SSSR count). The number of ether oxygens (including phenoxy) is 1. The third kappa shape index (κ3) is 7.46. The van der Waals surface area contributed by atoms with Crippen LogP contribution in [0.3, 0.4) is 0 Å². The average molecular weight is 394 g/mol. The number of likely N-dealkylation sites (tertiary alicyclic amines) is 1. The molecule has 0 radical (unpaired) electrons. The second-order valence-corrected chi connectivity index (χ2v) is 13.3. The molecule has 0 aromatic heterocycles. The van der Waals surface area contributed by atoms with Gasteiger partial charge in [-0.3, -0.25) is 0 Å². The van der Waals surface area contributed by atoms with Gasteiger partial charge in [-0.2, -0.15) is 0 Å². The predicted molar refractivity (Wildman–Crippen MR) is 97.1 cm³/mol. The predicted octanol–water partition coefficient (Wildman–Crippen LogP) is 4.50. The van der Waals surface area contributed by atoms with E-state index in [1.807, 2.05) is 25.7 Å². The van der Waals surface area contributed by atoms with E-state index in [2.05, 4.69) is 35.6 Å². The van der Waals surface area contributed by atoms with Crippen molar-refractivity contribution in [1.82, 2.24) is 4.90 Å². The molecule has 6 heteroatoms. The van der Waals surface area contributed by atoms with Gasteiger partial charge in [0.15, 0.2) is 8.32 Å². The highest BCUT2D eigenvalue weighted by Crippen LogP contribution is 2.28. The van der Waals surface area contributed by atoms with Crippen molar-refractivity contribution in [1.29, 1.82) is 0 Å². The number of hydrogen-bond acceptors (Lipinski definition) is 3. The molecule has 22 heavy (non-hydrogen) atoms. The summed E-state index contributed by atoms with van der Waals surface area (Å²) in [6.45, 7) is 14.8. The quantitative estimate of drug-likeness (QED) is 0.509. The van der Waals surface area contributed by atoms with Gasteiger partial charge < -0.3 is 14.1 Å². The molecule has 0 N–H and O–H groups in total. The Kier molecular flexibility index (Phi) is 7.40. The standard InChI is InChI=1S/C16H32BrNO3Si/c1-16(2,3)21-15(19)18-9-7-13(8-10-18)14(11-17)12-20-22(4,5)6/h13-14H,7-12H2,1-6H3/t14-/m0/s1. The van der Waals surface area contributed by atoms with Crippen LogP contribution in [0.4, 0.5) is 4.79 Å². The second-order valence-electron chi connectivity index (χ2n) is 8.14. The number of nitrogens with zero attached hydrogens (tertiary/aromatic N) is 1. The Hall–Kier alpha value is -0.0731. The van der Waals surface area contributed by atoms with Crippen molar-refractivity contribution in [3.05, 3.63) is 0 Å². The Labute approximate surface area is 145 Å². The van der Waals surface area contributed by atoms with Gasteiger partial charge >= 0.3 is 6.09 Å². The number of amides is 1. The van der Waals surface area contributed by atoms with E-state index in [0.717, 1.165) is 37.9 Å². The molecule has 0 bridgehead atoms. The van der Waals surface area contributed by atoms with Crippen LogP contribution >= 0.6 is 15.9 Å². The Balaban J connectivity index is 2.44. The van der Waals surface area contributed by atoms with Crippen molar-refractivity contribution in [2.24, 2.45) is 11.8 Å². The van der Waals surface area contributed by atoms with Crippen molar-refractivity contribution < 1.29 is 14.0 Å². The third-order valence-electron chi connectivity index (χ3n) is 3.79. The van der Waals surface area contributed by atoms with Gasteiger partial charge in [-0.25, -0.2) is 4.79 Å². The third-order valence-corrected chi connectivity index (χ3v) is 5.65. The van der Waals surface area contributed by atoms with Crippen molar-refractivity contribution in [2.75, 3.05) is 25.0 Å². The van der Waals surface area contributed by atoms with Gasteiger partial charge in [0.2, 0.25) is 0 Å². The smallest absolute Gasteiger partial charge is 0.410 e. The fourth-order valence-electron chi connectivity index (χ4n) is 2.54. The van der Waals surface area contributed by atoms with E-state index in [-0.39, 0.29) is 6.09 Å². The minimum Gasteiger partial charge on any atom is -0.444 e. The summed E-state index contributed by atoms with van der Waals surface area (Å²) in [6.07, 6.45) is 1.88. The van der Waals surface area contributed by atoms with E-state index in [9.17, 15) is 4.79 Å². The first-order chi connectivity index (χ1) is 10.0. The fraction of sp³-hybridized carbons (Fsp3) is 0.938. The maximum atomic E-state index is 12.1. The number of alkyl halides is 1. The van der Waals surface area contributed by atoms with E-state index in [0.29, 0.717) is 11.8 Å². The van der Waals surface area contributed by atoms with E-state index in [4.69, 9.17) is 9.16 Å². The van der Waals surface area contributed by atoms with Crippen LogP contribution in [-0.4, -0.2) is 49.9 Å². The summed E-state index contributed by atoms with van der Waals surface area (Å²) in [5, 5.41) is 0.967. The summed E-state index contributed by atoms with van der Waals surface area (Å²) in [7, 11) is -1.46. The van der Waals surface area contributed by atoms with E-state index < -0.39 is 13.9 Å². The van der Waals surface area contributed by atoms with Crippen LogP contribution in [0.2, 0.25) is 19.6 Å². The Morgan fingerprint density at radius 1 is 1.27 bits per heavy atom. The van der Waals surface area contributed by atoms with Crippen LogP contribution in [0.5, 0.6) is 0 Å². The van der Waals surface area contributed by atoms with Gasteiger partial charge in [0.05, 0.1) is 0 Å². The maximum Gasteiger partial charge on any atom is 0.410 e. The molecule has 130 valence electrons. The summed E-state index contributed by atoms with van der Waals surface area (Å²) in [6, 6.07) is 0. The minimum absolute atomic E-state index is 0.181. The van der Waals surface area contributed by atoms with Crippen LogP contribution in [0.25, 0.3) is 0 Å². The average Bonchev–Trinajstić information content (AvgIpc) is 2.37. The van der Waals surface area contributed by atoms with Crippen LogP contribution in [0.1, 0.15) is 33.6 Å². The van der Waals surface area contributed by atoms with Crippen LogP contribution < -0.4 is 0 Å². The van der Waals surface area contributed by atoms with Gasteiger partial charge in [0.1, 0.15) is 5.60 Å². The number of carbonyl (C=O) groups is 1. The summed E-state index contributed by atoms with van der Waals surface area (Å²) in [5.74, 6) is 1.15. The lowest BCUT2D eigenvalue weighted by molar-refractivity contribution is 0.0153. The highest BCUT2D eigenvalue weighted by atomic mass is 79.9. The molecule has 1 atom stereocenters. The normalized spacial score (nSPS) is 19.1. The zero-order valence-electron chi connectivity index (χ0n) is 14.9. The summed E-state index contributed by atoms with van der Waals surface area (Å²) in [4.78, 5) is 13.9. The largest absolute Gasteiger partial charge is 0.444 e. The van der Waals surface area contributed by atoms with Crippen molar-refractivity contribution >= 4 is 30.3 Å². The Bertz CT molecular complexity index is 357. The molecule has 0 unspecified atom stereocenters. The zero-order valence-corrected chi connectivity index (χ0v) is 17.5. The first-order valence-corrected chi connectivity index (χ1v) is 12.7. The molecule has 1 heterocycles. The van der Waals surface area contributed by atoms with Crippen LogP contribution in [0, 0.1) is 11.8 Å². The molecule has 4 nitrogen and oxygen atoms in total. The molecule has 1 amide bonds. The SMILES string of the molecule is CC(C)(C)OC(=O)N1CCC([C@@H](CBr)CO[Si](C)(C)C)CC1. The molecule has 1 aliphatic rings.